The normalized spacial score (nSPS) is 19.1. The Labute approximate surface area is 121 Å². The maximum Gasteiger partial charge on any atom is 0.124 e. The van der Waals surface area contributed by atoms with Crippen LogP contribution in [0.5, 0.6) is 0 Å². The summed E-state index contributed by atoms with van der Waals surface area (Å²) in [6.07, 6.45) is 5.40. The van der Waals surface area contributed by atoms with Crippen LogP contribution in [0.4, 0.5) is 0 Å². The zero-order valence-electron chi connectivity index (χ0n) is 12.9. The van der Waals surface area contributed by atoms with Crippen molar-refractivity contribution in [3.8, 4) is 0 Å². The van der Waals surface area contributed by atoms with E-state index >= 15 is 0 Å². The number of imidazole rings is 1. The van der Waals surface area contributed by atoms with Crippen LogP contribution in [0.3, 0.4) is 0 Å². The first kappa shape index (κ1) is 13.6. The first-order valence-electron chi connectivity index (χ1n) is 7.86. The van der Waals surface area contributed by atoms with Gasteiger partial charge in [0.2, 0.25) is 0 Å². The lowest BCUT2D eigenvalue weighted by atomic mass is 10.1. The van der Waals surface area contributed by atoms with Crippen molar-refractivity contribution in [3.05, 3.63) is 29.1 Å². The molecule has 1 N–H and O–H groups in total. The number of fused-ring (bicyclic) bond motifs is 1. The molecule has 1 aliphatic rings. The van der Waals surface area contributed by atoms with Crippen molar-refractivity contribution in [2.75, 3.05) is 13.1 Å². The highest BCUT2D eigenvalue weighted by atomic mass is 15.2. The Morgan fingerprint density at radius 3 is 2.40 bits per heavy atom. The molecule has 2 aromatic rings. The van der Waals surface area contributed by atoms with E-state index in [-0.39, 0.29) is 0 Å². The molecule has 1 unspecified atom stereocenters. The fourth-order valence-corrected chi connectivity index (χ4v) is 3.14. The summed E-state index contributed by atoms with van der Waals surface area (Å²) in [6.45, 7) is 9.00. The number of benzene rings is 1. The van der Waals surface area contributed by atoms with Gasteiger partial charge in [-0.2, -0.15) is 0 Å². The summed E-state index contributed by atoms with van der Waals surface area (Å²) in [6, 6.07) is 4.80. The average Bonchev–Trinajstić information content (AvgIpc) is 2.66. The monoisotopic (exact) mass is 271 g/mol. The lowest BCUT2D eigenvalue weighted by molar-refractivity contribution is 0.212. The third-order valence-corrected chi connectivity index (χ3v) is 4.70. The third kappa shape index (κ3) is 2.59. The van der Waals surface area contributed by atoms with E-state index in [9.17, 15) is 0 Å². The Morgan fingerprint density at radius 1 is 1.05 bits per heavy atom. The highest BCUT2D eigenvalue weighted by Gasteiger charge is 2.20. The van der Waals surface area contributed by atoms with Gasteiger partial charge in [0.25, 0.3) is 0 Å². The third-order valence-electron chi connectivity index (χ3n) is 4.70. The second-order valence-corrected chi connectivity index (χ2v) is 6.20. The number of rotatable bonds is 2. The maximum atomic E-state index is 4.82. The number of nitrogens with one attached hydrogen (secondary N) is 1. The van der Waals surface area contributed by atoms with E-state index in [0.29, 0.717) is 6.04 Å². The molecule has 0 spiro atoms. The van der Waals surface area contributed by atoms with Crippen LogP contribution < -0.4 is 0 Å². The van der Waals surface area contributed by atoms with Crippen molar-refractivity contribution < 1.29 is 0 Å². The molecule has 0 amide bonds. The van der Waals surface area contributed by atoms with Crippen LogP contribution in [0.2, 0.25) is 0 Å². The molecule has 1 aromatic carbocycles. The number of hydrogen-bond acceptors (Lipinski definition) is 2. The van der Waals surface area contributed by atoms with E-state index < -0.39 is 0 Å². The van der Waals surface area contributed by atoms with E-state index in [0.717, 1.165) is 11.3 Å². The van der Waals surface area contributed by atoms with Gasteiger partial charge < -0.3 is 4.98 Å². The van der Waals surface area contributed by atoms with Gasteiger partial charge in [-0.1, -0.05) is 12.8 Å². The molecule has 1 atom stereocenters. The summed E-state index contributed by atoms with van der Waals surface area (Å²) in [7, 11) is 0. The molecule has 3 rings (SSSR count). The van der Waals surface area contributed by atoms with E-state index in [1.807, 2.05) is 0 Å². The zero-order valence-corrected chi connectivity index (χ0v) is 12.9. The molecule has 2 heterocycles. The predicted octanol–water partition coefficient (Wildman–Crippen LogP) is 4.12. The number of hydrogen-bond donors (Lipinski definition) is 1. The smallest absolute Gasteiger partial charge is 0.124 e. The summed E-state index contributed by atoms with van der Waals surface area (Å²) in [4.78, 5) is 10.9. The Balaban J connectivity index is 1.88. The fourth-order valence-electron chi connectivity index (χ4n) is 3.14. The molecule has 1 saturated heterocycles. The van der Waals surface area contributed by atoms with Crippen molar-refractivity contribution in [2.45, 2.75) is 52.5 Å². The van der Waals surface area contributed by atoms with Crippen LogP contribution in [0, 0.1) is 13.8 Å². The molecular weight excluding hydrogens is 246 g/mol. The SMILES string of the molecule is Cc1cc2nc(C(C)N3CCCCCC3)[nH]c2cc1C. The minimum atomic E-state index is 0.390. The Hall–Kier alpha value is -1.35. The molecule has 0 bridgehead atoms. The molecule has 20 heavy (non-hydrogen) atoms. The Morgan fingerprint density at radius 2 is 1.70 bits per heavy atom. The van der Waals surface area contributed by atoms with Gasteiger partial charge in [-0.05, 0) is 70.0 Å². The van der Waals surface area contributed by atoms with Crippen LogP contribution in [-0.4, -0.2) is 28.0 Å². The summed E-state index contributed by atoms with van der Waals surface area (Å²) in [5.74, 6) is 1.12. The molecule has 1 aliphatic heterocycles. The lowest BCUT2D eigenvalue weighted by Crippen LogP contribution is -2.28. The number of likely N-dealkylation sites (tertiary alicyclic amines) is 1. The molecule has 1 fully saturated rings. The van der Waals surface area contributed by atoms with E-state index in [4.69, 9.17) is 4.98 Å². The summed E-state index contributed by atoms with van der Waals surface area (Å²) >= 11 is 0. The molecule has 0 radical (unpaired) electrons. The van der Waals surface area contributed by atoms with E-state index in [2.05, 4.69) is 42.8 Å². The minimum absolute atomic E-state index is 0.390. The van der Waals surface area contributed by atoms with E-state index in [1.54, 1.807) is 0 Å². The number of aromatic amines is 1. The van der Waals surface area contributed by atoms with Gasteiger partial charge >= 0.3 is 0 Å². The van der Waals surface area contributed by atoms with Gasteiger partial charge in [0.05, 0.1) is 17.1 Å². The zero-order chi connectivity index (χ0) is 14.1. The molecular formula is C17H25N3. The van der Waals surface area contributed by atoms with Gasteiger partial charge in [0.15, 0.2) is 0 Å². The molecule has 0 saturated carbocycles. The highest BCUT2D eigenvalue weighted by molar-refractivity contribution is 5.77. The van der Waals surface area contributed by atoms with Crippen molar-refractivity contribution in [2.24, 2.45) is 0 Å². The highest BCUT2D eigenvalue weighted by Crippen LogP contribution is 2.25. The summed E-state index contributed by atoms with van der Waals surface area (Å²) in [5.41, 5.74) is 4.92. The number of H-pyrrole nitrogens is 1. The van der Waals surface area contributed by atoms with Gasteiger partial charge in [-0.25, -0.2) is 4.98 Å². The molecule has 3 heteroatoms. The van der Waals surface area contributed by atoms with Crippen molar-refractivity contribution in [3.63, 3.8) is 0 Å². The molecule has 1 aromatic heterocycles. The number of aromatic nitrogens is 2. The Kier molecular flexibility index (Phi) is 3.79. The lowest BCUT2D eigenvalue weighted by Gasteiger charge is -2.25. The fraction of sp³-hybridized carbons (Fsp3) is 0.588. The van der Waals surface area contributed by atoms with E-state index in [1.165, 1.54) is 55.4 Å². The Bertz CT molecular complexity index is 553. The van der Waals surface area contributed by atoms with Gasteiger partial charge in [-0.3, -0.25) is 4.90 Å². The standard InChI is InChI=1S/C17H25N3/c1-12-10-15-16(11-13(12)2)19-17(18-15)14(3)20-8-6-4-5-7-9-20/h10-11,14H,4-9H2,1-3H3,(H,18,19). The average molecular weight is 271 g/mol. The maximum absolute atomic E-state index is 4.82. The quantitative estimate of drug-likeness (QED) is 0.891. The van der Waals surface area contributed by atoms with Gasteiger partial charge in [0.1, 0.15) is 5.82 Å². The number of nitrogens with zero attached hydrogens (tertiary/aromatic N) is 2. The minimum Gasteiger partial charge on any atom is -0.341 e. The summed E-state index contributed by atoms with van der Waals surface area (Å²) < 4.78 is 0. The van der Waals surface area contributed by atoms with Crippen LogP contribution in [0.15, 0.2) is 12.1 Å². The molecule has 0 aliphatic carbocycles. The topological polar surface area (TPSA) is 31.9 Å². The van der Waals surface area contributed by atoms with Gasteiger partial charge in [-0.15, -0.1) is 0 Å². The van der Waals surface area contributed by atoms with Crippen molar-refractivity contribution in [1.29, 1.82) is 0 Å². The second kappa shape index (κ2) is 5.57. The van der Waals surface area contributed by atoms with Crippen molar-refractivity contribution >= 4 is 11.0 Å². The second-order valence-electron chi connectivity index (χ2n) is 6.20. The van der Waals surface area contributed by atoms with Crippen LogP contribution in [0.25, 0.3) is 11.0 Å². The molecule has 3 nitrogen and oxygen atoms in total. The van der Waals surface area contributed by atoms with Crippen LogP contribution >= 0.6 is 0 Å². The van der Waals surface area contributed by atoms with Crippen LogP contribution in [-0.2, 0) is 0 Å². The van der Waals surface area contributed by atoms with Crippen LogP contribution in [0.1, 0.15) is 55.6 Å². The summed E-state index contributed by atoms with van der Waals surface area (Å²) in [5, 5.41) is 0. The van der Waals surface area contributed by atoms with Gasteiger partial charge in [0, 0.05) is 0 Å². The van der Waals surface area contributed by atoms with Crippen molar-refractivity contribution in [1.82, 2.24) is 14.9 Å². The number of aryl methyl sites for hydroxylation is 2. The first-order chi connectivity index (χ1) is 9.65. The largest absolute Gasteiger partial charge is 0.341 e. The predicted molar refractivity (Wildman–Crippen MR) is 84.0 cm³/mol. The first-order valence-corrected chi connectivity index (χ1v) is 7.86. The molecule has 108 valence electrons.